The second-order valence-corrected chi connectivity index (χ2v) is 18.2. The third-order valence-electron chi connectivity index (χ3n) is 8.06. The second-order valence-electron chi connectivity index (χ2n) is 11.7. The third kappa shape index (κ3) is 7.27. The van der Waals surface area contributed by atoms with Crippen LogP contribution in [-0.4, -0.2) is 17.6 Å². The SMILES string of the molecule is Cc1cc(C([Si]c2cc(C)c(C)c(C)c2)[c-]2c(C)c(C)c(C)c2-c2ccccc2)cc([Si](C)(C)C)c1.[CH3-].[CH3-].[Ti+3]. The van der Waals surface area contributed by atoms with Gasteiger partial charge < -0.3 is 14.9 Å². The zero-order chi connectivity index (χ0) is 26.4. The molecule has 0 bridgehead atoms. The van der Waals surface area contributed by atoms with Crippen molar-refractivity contribution in [1.29, 1.82) is 0 Å². The van der Waals surface area contributed by atoms with Gasteiger partial charge in [-0.1, -0.05) is 128 Å². The van der Waals surface area contributed by atoms with Crippen LogP contribution in [0.15, 0.2) is 60.7 Å². The van der Waals surface area contributed by atoms with Crippen molar-refractivity contribution < 1.29 is 21.7 Å². The summed E-state index contributed by atoms with van der Waals surface area (Å²) in [4.78, 5) is 0. The Kier molecular flexibility index (Phi) is 12.3. The Morgan fingerprint density at radius 1 is 0.692 bits per heavy atom. The van der Waals surface area contributed by atoms with Gasteiger partial charge in [-0.15, -0.1) is 16.7 Å². The smallest absolute Gasteiger partial charge is 0.358 e. The molecule has 3 heteroatoms. The van der Waals surface area contributed by atoms with E-state index >= 15 is 0 Å². The predicted molar refractivity (Wildman–Crippen MR) is 177 cm³/mol. The Bertz CT molecular complexity index is 1380. The first-order valence-corrected chi connectivity index (χ1v) is 17.7. The van der Waals surface area contributed by atoms with E-state index < -0.39 is 8.07 Å². The standard InChI is InChI=1S/C34H41Si2.2CH3.Ti/c1-21-16-29(20-31(17-21)36(8,9)10)34(35-30-18-22(2)24(4)23(3)19-30)33-27(7)25(5)26(6)32(33)28-14-12-11-13-15-28;;;/h11-20,34H,1-10H3;2*1H3;/q3*-1;+3. The van der Waals surface area contributed by atoms with Gasteiger partial charge in [-0.05, 0) is 49.9 Å². The summed E-state index contributed by atoms with van der Waals surface area (Å²) in [6.45, 7) is 23.4. The Labute approximate surface area is 258 Å². The van der Waals surface area contributed by atoms with Gasteiger partial charge in [0.15, 0.2) is 0 Å². The molecular formula is C36H47Si2Ti. The Hall–Kier alpha value is -1.84. The van der Waals surface area contributed by atoms with E-state index in [0.717, 1.165) is 0 Å². The van der Waals surface area contributed by atoms with Crippen LogP contribution in [0.3, 0.4) is 0 Å². The first-order valence-electron chi connectivity index (χ1n) is 13.2. The maximum atomic E-state index is 2.55. The molecule has 3 radical (unpaired) electrons. The van der Waals surface area contributed by atoms with E-state index in [1.165, 1.54) is 66.4 Å². The van der Waals surface area contributed by atoms with Gasteiger partial charge in [0, 0.05) is 0 Å². The first kappa shape index (κ1) is 35.2. The molecule has 4 aromatic carbocycles. The summed E-state index contributed by atoms with van der Waals surface area (Å²) >= 11 is 0. The quantitative estimate of drug-likeness (QED) is 0.157. The number of hydrogen-bond acceptors (Lipinski definition) is 0. The molecule has 0 spiro atoms. The van der Waals surface area contributed by atoms with E-state index in [4.69, 9.17) is 0 Å². The van der Waals surface area contributed by atoms with Crippen molar-refractivity contribution in [2.45, 2.75) is 73.6 Å². The van der Waals surface area contributed by atoms with Gasteiger partial charge in [-0.3, -0.25) is 0 Å². The number of benzene rings is 3. The van der Waals surface area contributed by atoms with Crippen molar-refractivity contribution in [2.24, 2.45) is 0 Å². The minimum atomic E-state index is -1.45. The molecule has 0 N–H and O–H groups in total. The van der Waals surface area contributed by atoms with Crippen LogP contribution in [0.25, 0.3) is 11.1 Å². The number of hydrogen-bond donors (Lipinski definition) is 0. The zero-order valence-corrected chi connectivity index (χ0v) is 29.9. The maximum Gasteiger partial charge on any atom is 3.00 e. The molecule has 4 aromatic rings. The van der Waals surface area contributed by atoms with E-state index in [9.17, 15) is 0 Å². The van der Waals surface area contributed by atoms with Crippen LogP contribution in [0.4, 0.5) is 0 Å². The fourth-order valence-electron chi connectivity index (χ4n) is 5.42. The zero-order valence-electron chi connectivity index (χ0n) is 26.4. The average Bonchev–Trinajstić information content (AvgIpc) is 3.04. The number of aryl methyl sites for hydroxylation is 3. The van der Waals surface area contributed by atoms with Gasteiger partial charge in [0.1, 0.15) is 0 Å². The molecule has 0 fully saturated rings. The summed E-state index contributed by atoms with van der Waals surface area (Å²) in [6.07, 6.45) is 0. The van der Waals surface area contributed by atoms with Crippen LogP contribution in [0, 0.1) is 63.3 Å². The maximum absolute atomic E-state index is 2.55. The molecule has 203 valence electrons. The summed E-state index contributed by atoms with van der Waals surface area (Å²) in [5.41, 5.74) is 16.0. The summed E-state index contributed by atoms with van der Waals surface area (Å²) in [7, 11) is -0.775. The van der Waals surface area contributed by atoms with E-state index in [1.54, 1.807) is 5.19 Å². The van der Waals surface area contributed by atoms with Gasteiger partial charge >= 0.3 is 21.7 Å². The summed E-state index contributed by atoms with van der Waals surface area (Å²) in [6, 6.07) is 23.4. The van der Waals surface area contributed by atoms with Crippen LogP contribution < -0.4 is 10.4 Å². The Morgan fingerprint density at radius 2 is 1.26 bits per heavy atom. The van der Waals surface area contributed by atoms with Crippen molar-refractivity contribution in [3.63, 3.8) is 0 Å². The Morgan fingerprint density at radius 3 is 1.79 bits per heavy atom. The predicted octanol–water partition coefficient (Wildman–Crippen LogP) is 8.79. The van der Waals surface area contributed by atoms with Crippen LogP contribution in [0.2, 0.25) is 19.6 Å². The normalized spacial score (nSPS) is 11.7. The minimum absolute atomic E-state index is 0. The van der Waals surface area contributed by atoms with Gasteiger partial charge in [0.2, 0.25) is 0 Å². The molecule has 1 unspecified atom stereocenters. The van der Waals surface area contributed by atoms with Crippen molar-refractivity contribution in [2.75, 3.05) is 0 Å². The van der Waals surface area contributed by atoms with Crippen LogP contribution in [0.1, 0.15) is 55.6 Å². The largest absolute Gasteiger partial charge is 3.00 e. The fourth-order valence-corrected chi connectivity index (χ4v) is 8.45. The van der Waals surface area contributed by atoms with Crippen LogP contribution in [-0.2, 0) is 21.7 Å². The van der Waals surface area contributed by atoms with E-state index in [2.05, 4.69) is 129 Å². The summed E-state index contributed by atoms with van der Waals surface area (Å²) < 4.78 is 0. The van der Waals surface area contributed by atoms with E-state index in [0.29, 0.717) is 15.1 Å². The molecule has 1 atom stereocenters. The van der Waals surface area contributed by atoms with Crippen molar-refractivity contribution in [3.05, 3.63) is 126 Å². The van der Waals surface area contributed by atoms with Gasteiger partial charge in [-0.25, -0.2) is 0 Å². The molecule has 4 rings (SSSR count). The Balaban J connectivity index is 0.00000253. The molecule has 0 aliphatic rings. The average molecular weight is 584 g/mol. The molecule has 0 heterocycles. The van der Waals surface area contributed by atoms with Crippen molar-refractivity contribution >= 4 is 28.0 Å². The van der Waals surface area contributed by atoms with Gasteiger partial charge in [-0.2, -0.15) is 11.1 Å². The molecule has 0 nitrogen and oxygen atoms in total. The van der Waals surface area contributed by atoms with Gasteiger partial charge in [0.05, 0.1) is 17.6 Å². The van der Waals surface area contributed by atoms with Gasteiger partial charge in [0.25, 0.3) is 0 Å². The molecular weight excluding hydrogens is 536 g/mol. The molecule has 0 amide bonds. The summed E-state index contributed by atoms with van der Waals surface area (Å²) in [5.74, 6) is 0. The monoisotopic (exact) mass is 583 g/mol. The molecule has 0 saturated heterocycles. The van der Waals surface area contributed by atoms with Crippen molar-refractivity contribution in [1.82, 2.24) is 0 Å². The molecule has 39 heavy (non-hydrogen) atoms. The van der Waals surface area contributed by atoms with Crippen molar-refractivity contribution in [3.8, 4) is 11.1 Å². The van der Waals surface area contributed by atoms with E-state index in [1.807, 2.05) is 0 Å². The molecule has 0 aliphatic heterocycles. The third-order valence-corrected chi connectivity index (χ3v) is 11.6. The first-order chi connectivity index (χ1) is 16.9. The topological polar surface area (TPSA) is 0 Å². The van der Waals surface area contributed by atoms with E-state index in [-0.39, 0.29) is 36.6 Å². The molecule has 0 aromatic heterocycles. The minimum Gasteiger partial charge on any atom is -0.358 e. The second kappa shape index (κ2) is 13.7. The number of rotatable bonds is 6. The fraction of sp³-hybridized carbons (Fsp3) is 0.306. The van der Waals surface area contributed by atoms with Crippen LogP contribution >= 0.6 is 0 Å². The molecule has 0 aliphatic carbocycles. The molecule has 0 saturated carbocycles. The van der Waals surface area contributed by atoms with Crippen LogP contribution in [0.5, 0.6) is 0 Å². The summed E-state index contributed by atoms with van der Waals surface area (Å²) in [5, 5.41) is 3.02.